The molecule has 1 saturated heterocycles. The van der Waals surface area contributed by atoms with Gasteiger partial charge < -0.3 is 5.32 Å². The van der Waals surface area contributed by atoms with Gasteiger partial charge >= 0.3 is 0 Å². The summed E-state index contributed by atoms with van der Waals surface area (Å²) in [6.07, 6.45) is 5.23. The number of amides is 1. The fourth-order valence-corrected chi connectivity index (χ4v) is 3.60. The maximum atomic E-state index is 11.6. The number of carbonyl (C=O) groups is 1. The molecule has 0 aromatic rings. The fourth-order valence-electron chi connectivity index (χ4n) is 3.60. The zero-order chi connectivity index (χ0) is 13.8. The van der Waals surface area contributed by atoms with Crippen molar-refractivity contribution < 1.29 is 4.79 Å². The first-order valence-corrected chi connectivity index (χ1v) is 7.51. The molecule has 4 heteroatoms. The maximum Gasteiger partial charge on any atom is 0.222 e. The van der Waals surface area contributed by atoms with E-state index in [2.05, 4.69) is 23.2 Å². The zero-order valence-corrected chi connectivity index (χ0v) is 12.1. The van der Waals surface area contributed by atoms with E-state index in [0.717, 1.165) is 44.7 Å². The van der Waals surface area contributed by atoms with Crippen molar-refractivity contribution in [1.82, 2.24) is 10.2 Å². The Morgan fingerprint density at radius 3 is 2.53 bits per heavy atom. The topological polar surface area (TPSA) is 56.1 Å². The van der Waals surface area contributed by atoms with Gasteiger partial charge in [-0.05, 0) is 51.1 Å². The van der Waals surface area contributed by atoms with Gasteiger partial charge in [0.25, 0.3) is 0 Å². The summed E-state index contributed by atoms with van der Waals surface area (Å²) in [6, 6.07) is 2.91. The monoisotopic (exact) mass is 263 g/mol. The lowest BCUT2D eigenvalue weighted by atomic mass is 9.78. The molecule has 1 saturated carbocycles. The molecule has 0 radical (unpaired) electrons. The molecule has 106 valence electrons. The van der Waals surface area contributed by atoms with Crippen molar-refractivity contribution in [3.8, 4) is 6.07 Å². The van der Waals surface area contributed by atoms with Crippen LogP contribution in [0.25, 0.3) is 0 Å². The number of piperidine rings is 1. The largest absolute Gasteiger partial charge is 0.359 e. The smallest absolute Gasteiger partial charge is 0.222 e. The first kappa shape index (κ1) is 14.3. The molecule has 0 aromatic carbocycles. The van der Waals surface area contributed by atoms with Crippen LogP contribution in [0.3, 0.4) is 0 Å². The first-order valence-electron chi connectivity index (χ1n) is 7.51. The predicted molar refractivity (Wildman–Crippen MR) is 74.3 cm³/mol. The van der Waals surface area contributed by atoms with Gasteiger partial charge in [0.15, 0.2) is 0 Å². The van der Waals surface area contributed by atoms with E-state index in [1.165, 1.54) is 6.42 Å². The van der Waals surface area contributed by atoms with Crippen LogP contribution in [0.15, 0.2) is 0 Å². The Hall–Kier alpha value is -1.08. The van der Waals surface area contributed by atoms with Crippen molar-refractivity contribution in [2.45, 2.75) is 45.1 Å². The minimum atomic E-state index is 0.169. The SMILES string of the molecule is CNC(=O)C1CCN(C2CC(C)CCC2C#N)CC1. The van der Waals surface area contributed by atoms with Crippen LogP contribution in [0, 0.1) is 29.1 Å². The Morgan fingerprint density at radius 2 is 1.95 bits per heavy atom. The summed E-state index contributed by atoms with van der Waals surface area (Å²) in [4.78, 5) is 14.1. The quantitative estimate of drug-likeness (QED) is 0.826. The summed E-state index contributed by atoms with van der Waals surface area (Å²) in [5, 5.41) is 12.1. The lowest BCUT2D eigenvalue weighted by molar-refractivity contribution is -0.126. The molecule has 1 aliphatic heterocycles. The summed E-state index contributed by atoms with van der Waals surface area (Å²) in [6.45, 7) is 4.22. The van der Waals surface area contributed by atoms with Crippen LogP contribution in [0.2, 0.25) is 0 Å². The molecule has 19 heavy (non-hydrogen) atoms. The molecule has 3 atom stereocenters. The molecular formula is C15H25N3O. The fraction of sp³-hybridized carbons (Fsp3) is 0.867. The summed E-state index contributed by atoms with van der Waals surface area (Å²) in [5.74, 6) is 1.26. The van der Waals surface area contributed by atoms with Crippen molar-refractivity contribution in [3.05, 3.63) is 0 Å². The van der Waals surface area contributed by atoms with Gasteiger partial charge in [-0.2, -0.15) is 5.26 Å². The van der Waals surface area contributed by atoms with Gasteiger partial charge in [-0.1, -0.05) is 6.92 Å². The Kier molecular flexibility index (Phi) is 4.81. The highest BCUT2D eigenvalue weighted by molar-refractivity contribution is 5.78. The van der Waals surface area contributed by atoms with E-state index in [1.807, 2.05) is 0 Å². The van der Waals surface area contributed by atoms with Crippen LogP contribution in [-0.2, 0) is 4.79 Å². The van der Waals surface area contributed by atoms with Gasteiger partial charge in [-0.25, -0.2) is 0 Å². The standard InChI is InChI=1S/C15H25N3O/c1-11-3-4-13(10-16)14(9-11)18-7-5-12(6-8-18)15(19)17-2/h11-14H,3-9H2,1-2H3,(H,17,19). The Bertz CT molecular complexity index is 355. The molecule has 3 unspecified atom stereocenters. The van der Waals surface area contributed by atoms with E-state index in [9.17, 15) is 10.1 Å². The van der Waals surface area contributed by atoms with Gasteiger partial charge in [-0.3, -0.25) is 9.69 Å². The number of nitrogens with one attached hydrogen (secondary N) is 1. The van der Waals surface area contributed by atoms with Gasteiger partial charge in [0.2, 0.25) is 5.91 Å². The van der Waals surface area contributed by atoms with Gasteiger partial charge in [0, 0.05) is 19.0 Å². The number of hydrogen-bond acceptors (Lipinski definition) is 3. The second kappa shape index (κ2) is 6.38. The van der Waals surface area contributed by atoms with Crippen LogP contribution >= 0.6 is 0 Å². The Morgan fingerprint density at radius 1 is 1.26 bits per heavy atom. The van der Waals surface area contributed by atoms with E-state index in [1.54, 1.807) is 7.05 Å². The van der Waals surface area contributed by atoms with Crippen LogP contribution < -0.4 is 5.32 Å². The van der Waals surface area contributed by atoms with E-state index in [4.69, 9.17) is 0 Å². The number of likely N-dealkylation sites (tertiary alicyclic amines) is 1. The number of rotatable bonds is 2. The van der Waals surface area contributed by atoms with Crippen molar-refractivity contribution in [1.29, 1.82) is 5.26 Å². The van der Waals surface area contributed by atoms with Crippen molar-refractivity contribution in [3.63, 3.8) is 0 Å². The van der Waals surface area contributed by atoms with Crippen molar-refractivity contribution >= 4 is 5.91 Å². The summed E-state index contributed by atoms with van der Waals surface area (Å²) in [7, 11) is 1.71. The lowest BCUT2D eigenvalue weighted by Crippen LogP contribution is -2.49. The van der Waals surface area contributed by atoms with Crippen LogP contribution in [-0.4, -0.2) is 37.0 Å². The Labute approximate surface area is 116 Å². The highest BCUT2D eigenvalue weighted by Gasteiger charge is 2.35. The van der Waals surface area contributed by atoms with Crippen molar-refractivity contribution in [2.24, 2.45) is 17.8 Å². The number of nitrogens with zero attached hydrogens (tertiary/aromatic N) is 2. The van der Waals surface area contributed by atoms with E-state index >= 15 is 0 Å². The molecule has 2 fully saturated rings. The third-order valence-corrected chi connectivity index (χ3v) is 4.86. The molecule has 1 N–H and O–H groups in total. The van der Waals surface area contributed by atoms with Gasteiger partial charge in [0.05, 0.1) is 12.0 Å². The van der Waals surface area contributed by atoms with Crippen molar-refractivity contribution in [2.75, 3.05) is 20.1 Å². The van der Waals surface area contributed by atoms with Gasteiger partial charge in [-0.15, -0.1) is 0 Å². The highest BCUT2D eigenvalue weighted by Crippen LogP contribution is 2.33. The third kappa shape index (κ3) is 3.27. The summed E-state index contributed by atoms with van der Waals surface area (Å²) < 4.78 is 0. The van der Waals surface area contributed by atoms with Crippen LogP contribution in [0.5, 0.6) is 0 Å². The minimum absolute atomic E-state index is 0.169. The van der Waals surface area contributed by atoms with E-state index in [-0.39, 0.29) is 17.7 Å². The second-order valence-electron chi connectivity index (χ2n) is 6.15. The zero-order valence-electron chi connectivity index (χ0n) is 12.1. The second-order valence-corrected chi connectivity index (χ2v) is 6.15. The molecule has 2 rings (SSSR count). The van der Waals surface area contributed by atoms with E-state index in [0.29, 0.717) is 6.04 Å². The average Bonchev–Trinajstić information content (AvgIpc) is 2.46. The Balaban J connectivity index is 1.92. The van der Waals surface area contributed by atoms with Crippen LogP contribution in [0.1, 0.15) is 39.0 Å². The maximum absolute atomic E-state index is 11.6. The average molecular weight is 263 g/mol. The van der Waals surface area contributed by atoms with Crippen LogP contribution in [0.4, 0.5) is 0 Å². The predicted octanol–water partition coefficient (Wildman–Crippen LogP) is 1.77. The molecule has 2 aliphatic rings. The molecule has 1 heterocycles. The number of hydrogen-bond donors (Lipinski definition) is 1. The molecule has 1 aliphatic carbocycles. The summed E-state index contributed by atoms with van der Waals surface area (Å²) in [5.41, 5.74) is 0. The number of nitriles is 1. The lowest BCUT2D eigenvalue weighted by Gasteiger charge is -2.42. The van der Waals surface area contributed by atoms with Gasteiger partial charge in [0.1, 0.15) is 0 Å². The molecule has 0 aromatic heterocycles. The molecule has 0 bridgehead atoms. The molecule has 4 nitrogen and oxygen atoms in total. The molecule has 1 amide bonds. The summed E-state index contributed by atoms with van der Waals surface area (Å²) >= 11 is 0. The third-order valence-electron chi connectivity index (χ3n) is 4.86. The minimum Gasteiger partial charge on any atom is -0.359 e. The highest BCUT2D eigenvalue weighted by atomic mass is 16.1. The normalized spacial score (nSPS) is 33.6. The number of carbonyl (C=O) groups excluding carboxylic acids is 1. The molecular weight excluding hydrogens is 238 g/mol. The molecule has 0 spiro atoms. The first-order chi connectivity index (χ1) is 9.15. The van der Waals surface area contributed by atoms with E-state index < -0.39 is 0 Å².